The largest absolute Gasteiger partial charge is 0.373 e. The van der Waals surface area contributed by atoms with Crippen LogP contribution in [0.2, 0.25) is 0 Å². The third-order valence-electron chi connectivity index (χ3n) is 3.48. The second-order valence-electron chi connectivity index (χ2n) is 5.16. The molecule has 2 aromatic rings. The standard InChI is InChI=1S/C16H25N3OS/c1-5-8-13(20-4)15-18-14(17-9-6-2)12-10-11(7-3)21-16(12)19-15/h10,13H,5-9H2,1-4H3,(H,17,18,19). The number of fused-ring (bicyclic) bond motifs is 1. The van der Waals surface area contributed by atoms with Crippen LogP contribution in [-0.4, -0.2) is 23.6 Å². The minimum atomic E-state index is -0.0197. The highest BCUT2D eigenvalue weighted by Crippen LogP contribution is 2.31. The molecule has 21 heavy (non-hydrogen) atoms. The summed E-state index contributed by atoms with van der Waals surface area (Å²) in [6, 6.07) is 2.21. The van der Waals surface area contributed by atoms with Gasteiger partial charge in [-0.25, -0.2) is 9.97 Å². The van der Waals surface area contributed by atoms with Crippen LogP contribution in [0.1, 0.15) is 56.8 Å². The molecule has 1 unspecified atom stereocenters. The number of aromatic nitrogens is 2. The zero-order chi connectivity index (χ0) is 15.2. The molecular formula is C16H25N3OS. The minimum absolute atomic E-state index is 0.0197. The van der Waals surface area contributed by atoms with E-state index in [2.05, 4.69) is 32.2 Å². The van der Waals surface area contributed by atoms with Crippen LogP contribution < -0.4 is 5.32 Å². The first-order valence-electron chi connectivity index (χ1n) is 7.80. The van der Waals surface area contributed by atoms with E-state index in [1.807, 2.05) is 0 Å². The van der Waals surface area contributed by atoms with E-state index in [0.717, 1.165) is 54.1 Å². The second-order valence-corrected chi connectivity index (χ2v) is 6.27. The van der Waals surface area contributed by atoms with Gasteiger partial charge in [-0.2, -0.15) is 0 Å². The lowest BCUT2D eigenvalue weighted by Gasteiger charge is -2.14. The van der Waals surface area contributed by atoms with E-state index >= 15 is 0 Å². The number of hydrogen-bond acceptors (Lipinski definition) is 5. The summed E-state index contributed by atoms with van der Waals surface area (Å²) in [4.78, 5) is 11.9. The highest BCUT2D eigenvalue weighted by atomic mass is 32.1. The Morgan fingerprint density at radius 2 is 2.05 bits per heavy atom. The molecule has 1 atom stereocenters. The molecule has 0 aromatic carbocycles. The average molecular weight is 307 g/mol. The second kappa shape index (κ2) is 7.71. The van der Waals surface area contributed by atoms with Gasteiger partial charge in [-0.05, 0) is 25.3 Å². The van der Waals surface area contributed by atoms with Crippen molar-refractivity contribution in [2.45, 2.75) is 52.6 Å². The van der Waals surface area contributed by atoms with Crippen LogP contribution >= 0.6 is 11.3 Å². The Bertz CT molecular complexity index is 582. The Kier molecular flexibility index (Phi) is 5.94. The third kappa shape index (κ3) is 3.71. The predicted octanol–water partition coefficient (Wildman–Crippen LogP) is 4.56. The maximum atomic E-state index is 5.57. The van der Waals surface area contributed by atoms with Crippen molar-refractivity contribution in [3.63, 3.8) is 0 Å². The fraction of sp³-hybridized carbons (Fsp3) is 0.625. The van der Waals surface area contributed by atoms with Crippen molar-refractivity contribution in [3.8, 4) is 0 Å². The highest BCUT2D eigenvalue weighted by molar-refractivity contribution is 7.18. The molecule has 0 aliphatic heterocycles. The Morgan fingerprint density at radius 3 is 2.67 bits per heavy atom. The molecule has 5 heteroatoms. The van der Waals surface area contributed by atoms with Gasteiger partial charge in [0.05, 0.1) is 5.39 Å². The fourth-order valence-electron chi connectivity index (χ4n) is 2.30. The number of hydrogen-bond donors (Lipinski definition) is 1. The molecule has 2 heterocycles. The summed E-state index contributed by atoms with van der Waals surface area (Å²) >= 11 is 1.76. The molecule has 0 amide bonds. The van der Waals surface area contributed by atoms with Gasteiger partial charge in [0.1, 0.15) is 16.8 Å². The van der Waals surface area contributed by atoms with Crippen molar-refractivity contribution >= 4 is 27.4 Å². The van der Waals surface area contributed by atoms with Gasteiger partial charge >= 0.3 is 0 Å². The van der Waals surface area contributed by atoms with Crippen LogP contribution in [0.3, 0.4) is 0 Å². The summed E-state index contributed by atoms with van der Waals surface area (Å²) in [6.45, 7) is 7.41. The molecule has 0 bridgehead atoms. The lowest BCUT2D eigenvalue weighted by molar-refractivity contribution is 0.0881. The number of ether oxygens (including phenoxy) is 1. The smallest absolute Gasteiger partial charge is 0.161 e. The molecule has 0 radical (unpaired) electrons. The topological polar surface area (TPSA) is 47.0 Å². The first-order chi connectivity index (χ1) is 10.2. The van der Waals surface area contributed by atoms with Crippen molar-refractivity contribution < 1.29 is 4.74 Å². The van der Waals surface area contributed by atoms with Gasteiger partial charge < -0.3 is 10.1 Å². The lowest BCUT2D eigenvalue weighted by Crippen LogP contribution is -2.10. The molecule has 4 nitrogen and oxygen atoms in total. The van der Waals surface area contributed by atoms with E-state index in [9.17, 15) is 0 Å². The van der Waals surface area contributed by atoms with Crippen molar-refractivity contribution in [2.24, 2.45) is 0 Å². The maximum Gasteiger partial charge on any atom is 0.161 e. The van der Waals surface area contributed by atoms with E-state index in [4.69, 9.17) is 14.7 Å². The first kappa shape index (κ1) is 16.2. The van der Waals surface area contributed by atoms with E-state index < -0.39 is 0 Å². The zero-order valence-electron chi connectivity index (χ0n) is 13.4. The summed E-state index contributed by atoms with van der Waals surface area (Å²) in [5.41, 5.74) is 0. The minimum Gasteiger partial charge on any atom is -0.373 e. The van der Waals surface area contributed by atoms with Gasteiger partial charge in [0.2, 0.25) is 0 Å². The van der Waals surface area contributed by atoms with Crippen LogP contribution in [0, 0.1) is 0 Å². The Hall–Kier alpha value is -1.20. The van der Waals surface area contributed by atoms with Gasteiger partial charge in [0.25, 0.3) is 0 Å². The maximum absolute atomic E-state index is 5.57. The number of anilines is 1. The van der Waals surface area contributed by atoms with E-state index in [-0.39, 0.29) is 6.10 Å². The Labute approximate surface area is 131 Å². The van der Waals surface area contributed by atoms with Crippen LogP contribution in [0.15, 0.2) is 6.07 Å². The third-order valence-corrected chi connectivity index (χ3v) is 4.65. The van der Waals surface area contributed by atoms with E-state index in [1.165, 1.54) is 4.88 Å². The van der Waals surface area contributed by atoms with Crippen molar-refractivity contribution in [1.82, 2.24) is 9.97 Å². The number of nitrogens with zero attached hydrogens (tertiary/aromatic N) is 2. The Morgan fingerprint density at radius 1 is 1.24 bits per heavy atom. The summed E-state index contributed by atoms with van der Waals surface area (Å²) < 4.78 is 5.57. The van der Waals surface area contributed by atoms with Crippen LogP contribution in [0.25, 0.3) is 10.2 Å². The van der Waals surface area contributed by atoms with Crippen LogP contribution in [0.5, 0.6) is 0 Å². The van der Waals surface area contributed by atoms with E-state index in [1.54, 1.807) is 18.4 Å². The molecule has 0 aliphatic carbocycles. The molecule has 0 aliphatic rings. The fourth-order valence-corrected chi connectivity index (χ4v) is 3.27. The van der Waals surface area contributed by atoms with Crippen LogP contribution in [0.4, 0.5) is 5.82 Å². The predicted molar refractivity (Wildman–Crippen MR) is 90.2 cm³/mol. The monoisotopic (exact) mass is 307 g/mol. The van der Waals surface area contributed by atoms with Gasteiger partial charge in [-0.3, -0.25) is 0 Å². The molecule has 2 rings (SSSR count). The summed E-state index contributed by atoms with van der Waals surface area (Å²) in [5.74, 6) is 1.75. The molecule has 0 saturated carbocycles. The average Bonchev–Trinajstić information content (AvgIpc) is 2.93. The number of aryl methyl sites for hydroxylation is 1. The van der Waals surface area contributed by atoms with Gasteiger partial charge in [-0.15, -0.1) is 11.3 Å². The zero-order valence-corrected chi connectivity index (χ0v) is 14.2. The van der Waals surface area contributed by atoms with Gasteiger partial charge in [-0.1, -0.05) is 27.2 Å². The number of thiophene rings is 1. The molecular weight excluding hydrogens is 282 g/mol. The molecule has 2 aromatic heterocycles. The molecule has 116 valence electrons. The summed E-state index contributed by atoms with van der Waals surface area (Å²) in [7, 11) is 1.74. The van der Waals surface area contributed by atoms with E-state index in [0.29, 0.717) is 0 Å². The molecule has 0 saturated heterocycles. The normalized spacial score (nSPS) is 12.8. The lowest BCUT2D eigenvalue weighted by atomic mass is 10.2. The van der Waals surface area contributed by atoms with Crippen molar-refractivity contribution in [1.29, 1.82) is 0 Å². The summed E-state index contributed by atoms with van der Waals surface area (Å²) in [6.07, 6.45) is 4.10. The SMILES string of the molecule is CCCNc1nc(C(CCC)OC)nc2sc(CC)cc12. The van der Waals surface area contributed by atoms with Gasteiger partial charge in [0.15, 0.2) is 5.82 Å². The highest BCUT2D eigenvalue weighted by Gasteiger charge is 2.17. The number of rotatable bonds is 8. The number of nitrogens with one attached hydrogen (secondary N) is 1. The van der Waals surface area contributed by atoms with Gasteiger partial charge in [0, 0.05) is 18.5 Å². The molecule has 1 N–H and O–H groups in total. The molecule has 0 spiro atoms. The Balaban J connectivity index is 2.46. The van der Waals surface area contributed by atoms with Crippen LogP contribution in [-0.2, 0) is 11.2 Å². The summed E-state index contributed by atoms with van der Waals surface area (Å²) in [5, 5.41) is 4.58. The van der Waals surface area contributed by atoms with Crippen molar-refractivity contribution in [3.05, 3.63) is 16.8 Å². The molecule has 0 fully saturated rings. The van der Waals surface area contributed by atoms with Crippen molar-refractivity contribution in [2.75, 3.05) is 19.0 Å². The number of methoxy groups -OCH3 is 1. The quantitative estimate of drug-likeness (QED) is 0.776. The first-order valence-corrected chi connectivity index (χ1v) is 8.62.